The molecule has 3 rings (SSSR count). The lowest BCUT2D eigenvalue weighted by atomic mass is 10.3. The van der Waals surface area contributed by atoms with Crippen molar-refractivity contribution in [3.63, 3.8) is 0 Å². The van der Waals surface area contributed by atoms with E-state index in [4.69, 9.17) is 14.7 Å². The number of sulfonamides is 1. The topological polar surface area (TPSA) is 132 Å². The lowest BCUT2D eigenvalue weighted by molar-refractivity contribution is -0.133. The van der Waals surface area contributed by atoms with Crippen molar-refractivity contribution in [2.45, 2.75) is 11.2 Å². The number of nitrogens with zero attached hydrogens (tertiary/aromatic N) is 3. The van der Waals surface area contributed by atoms with Gasteiger partial charge in [-0.05, 0) is 55.6 Å². The lowest BCUT2D eigenvalue weighted by Crippen LogP contribution is -2.53. The molecule has 11 nitrogen and oxygen atoms in total. The van der Waals surface area contributed by atoms with Crippen LogP contribution in [0, 0.1) is 5.82 Å². The van der Waals surface area contributed by atoms with Crippen molar-refractivity contribution >= 4 is 15.9 Å². The van der Waals surface area contributed by atoms with Crippen LogP contribution in [0.15, 0.2) is 53.4 Å². The zero-order valence-corrected chi connectivity index (χ0v) is 20.0. The number of morpholine rings is 1. The molecule has 0 bridgehead atoms. The number of hydrogen-bond donors (Lipinski definition) is 3. The molecule has 1 atom stereocenters. The van der Waals surface area contributed by atoms with Gasteiger partial charge in [-0.3, -0.25) is 19.8 Å². The number of hydrogen-bond acceptors (Lipinski definition) is 9. The minimum Gasteiger partial charge on any atom is -0.457 e. The highest BCUT2D eigenvalue weighted by molar-refractivity contribution is 7.89. The number of aliphatic hydroxyl groups excluding tert-OH is 1. The molecule has 1 aliphatic heterocycles. The Balaban J connectivity index is 1.70. The molecule has 2 aromatic rings. The van der Waals surface area contributed by atoms with Crippen LogP contribution < -0.4 is 10.2 Å². The number of carbonyl (C=O) groups excluding carboxylic acids is 1. The number of halogens is 1. The van der Waals surface area contributed by atoms with Gasteiger partial charge in [-0.1, -0.05) is 0 Å². The van der Waals surface area contributed by atoms with Crippen LogP contribution in [-0.2, 0) is 19.6 Å². The van der Waals surface area contributed by atoms with E-state index in [0.717, 1.165) is 4.31 Å². The lowest BCUT2D eigenvalue weighted by Gasteiger charge is -2.36. The van der Waals surface area contributed by atoms with E-state index in [9.17, 15) is 22.7 Å². The van der Waals surface area contributed by atoms with Gasteiger partial charge in [-0.2, -0.15) is 4.31 Å². The second-order valence-electron chi connectivity index (χ2n) is 7.88. The van der Waals surface area contributed by atoms with Gasteiger partial charge in [-0.15, -0.1) is 0 Å². The smallest absolute Gasteiger partial charge is 0.258 e. The van der Waals surface area contributed by atoms with Gasteiger partial charge in [0.1, 0.15) is 17.3 Å². The van der Waals surface area contributed by atoms with Crippen LogP contribution in [0.3, 0.4) is 0 Å². The minimum absolute atomic E-state index is 0.0916. The molecule has 192 valence electrons. The van der Waals surface area contributed by atoms with E-state index in [2.05, 4.69) is 0 Å². The number of ether oxygens (including phenoxy) is 2. The Kier molecular flexibility index (Phi) is 9.51. The van der Waals surface area contributed by atoms with Gasteiger partial charge >= 0.3 is 0 Å². The van der Waals surface area contributed by atoms with Crippen molar-refractivity contribution in [2.75, 3.05) is 53.0 Å². The van der Waals surface area contributed by atoms with Crippen molar-refractivity contribution in [3.05, 3.63) is 54.3 Å². The highest BCUT2D eigenvalue weighted by Gasteiger charge is 2.29. The Bertz CT molecular complexity index is 1060. The number of nitrogens with one attached hydrogen (secondary N) is 1. The van der Waals surface area contributed by atoms with Gasteiger partial charge in [0.05, 0.1) is 24.7 Å². The second-order valence-corrected chi connectivity index (χ2v) is 9.81. The zero-order valence-electron chi connectivity index (χ0n) is 19.2. The third kappa shape index (κ3) is 7.41. The van der Waals surface area contributed by atoms with Crippen molar-refractivity contribution in [3.8, 4) is 11.5 Å². The molecular weight excluding hydrogens is 483 g/mol. The zero-order chi connectivity index (χ0) is 25.4. The van der Waals surface area contributed by atoms with Crippen molar-refractivity contribution in [1.29, 1.82) is 0 Å². The van der Waals surface area contributed by atoms with E-state index in [-0.39, 0.29) is 18.0 Å². The Hall–Kier alpha value is -2.65. The number of amides is 1. The van der Waals surface area contributed by atoms with Crippen LogP contribution in [-0.4, -0.2) is 98.1 Å². The highest BCUT2D eigenvalue weighted by atomic mass is 32.2. The average Bonchev–Trinajstić information content (AvgIpc) is 2.87. The first-order valence-corrected chi connectivity index (χ1v) is 12.3. The predicted octanol–water partition coefficient (Wildman–Crippen LogP) is 0.654. The molecule has 13 heteroatoms. The average molecular weight is 513 g/mol. The van der Waals surface area contributed by atoms with Gasteiger partial charge in [0.2, 0.25) is 10.0 Å². The fourth-order valence-corrected chi connectivity index (χ4v) is 4.81. The summed E-state index contributed by atoms with van der Waals surface area (Å²) >= 11 is 0. The molecule has 0 spiro atoms. The van der Waals surface area contributed by atoms with Gasteiger partial charge in [-0.25, -0.2) is 18.3 Å². The second kappa shape index (κ2) is 12.4. The molecule has 0 aromatic heterocycles. The number of rotatable bonds is 11. The largest absolute Gasteiger partial charge is 0.457 e. The Morgan fingerprint density at radius 3 is 2.26 bits per heavy atom. The Labute approximate surface area is 203 Å². The Morgan fingerprint density at radius 1 is 1.11 bits per heavy atom. The number of benzene rings is 2. The number of carbonyl (C=O) groups is 1. The monoisotopic (exact) mass is 512 g/mol. The summed E-state index contributed by atoms with van der Waals surface area (Å²) in [5, 5.41) is 19.5. The van der Waals surface area contributed by atoms with E-state index in [1.807, 2.05) is 0 Å². The van der Waals surface area contributed by atoms with Crippen LogP contribution >= 0.6 is 0 Å². The summed E-state index contributed by atoms with van der Waals surface area (Å²) in [6, 6.07) is 10.9. The summed E-state index contributed by atoms with van der Waals surface area (Å²) in [5.41, 5.74) is 1.44. The van der Waals surface area contributed by atoms with E-state index in [1.165, 1.54) is 54.0 Å². The van der Waals surface area contributed by atoms with Crippen molar-refractivity contribution in [2.24, 2.45) is 0 Å². The standard InChI is InChI=1S/C22H29FN4O7S/c1-25(22(29)26-12-14-33-15-13-26)10-11-27(16-21(28)24-30)35(31,32)20-8-6-19(7-9-20)34-18-4-2-17(23)3-5-18/h2-9,22,29-30H,10-16H2,1H3,(H,24,28). The molecular formula is C22H29FN4O7S. The third-order valence-electron chi connectivity index (χ3n) is 5.42. The molecule has 1 heterocycles. The maximum atomic E-state index is 13.2. The first-order valence-electron chi connectivity index (χ1n) is 10.9. The molecule has 1 saturated heterocycles. The highest BCUT2D eigenvalue weighted by Crippen LogP contribution is 2.24. The van der Waals surface area contributed by atoms with Crippen LogP contribution in [0.4, 0.5) is 4.39 Å². The molecule has 3 N–H and O–H groups in total. The van der Waals surface area contributed by atoms with Crippen LogP contribution in [0.1, 0.15) is 0 Å². The molecule has 0 saturated carbocycles. The van der Waals surface area contributed by atoms with E-state index >= 15 is 0 Å². The SMILES string of the molecule is CN(CCN(CC(=O)NO)S(=O)(=O)c1ccc(Oc2ccc(F)cc2)cc1)C(O)N1CCOCC1. The summed E-state index contributed by atoms with van der Waals surface area (Å²) < 4.78 is 51.3. The fraction of sp³-hybridized carbons (Fsp3) is 0.409. The molecule has 1 aliphatic rings. The molecule has 0 aliphatic carbocycles. The van der Waals surface area contributed by atoms with Gasteiger partial charge in [0.15, 0.2) is 6.35 Å². The van der Waals surface area contributed by atoms with Gasteiger partial charge in [0, 0.05) is 26.2 Å². The maximum Gasteiger partial charge on any atom is 0.258 e. The summed E-state index contributed by atoms with van der Waals surface area (Å²) in [5.74, 6) is -0.594. The first-order chi connectivity index (χ1) is 16.7. The molecule has 1 unspecified atom stereocenters. The van der Waals surface area contributed by atoms with E-state index in [0.29, 0.717) is 37.8 Å². The van der Waals surface area contributed by atoms with Crippen LogP contribution in [0.2, 0.25) is 0 Å². The third-order valence-corrected chi connectivity index (χ3v) is 7.28. The van der Waals surface area contributed by atoms with E-state index in [1.54, 1.807) is 16.8 Å². The maximum absolute atomic E-state index is 13.2. The minimum atomic E-state index is -4.13. The quantitative estimate of drug-likeness (QED) is 0.226. The van der Waals surface area contributed by atoms with E-state index < -0.39 is 34.6 Å². The fourth-order valence-electron chi connectivity index (χ4n) is 3.42. The normalized spacial score (nSPS) is 15.8. The van der Waals surface area contributed by atoms with Gasteiger partial charge in [0.25, 0.3) is 5.91 Å². The molecule has 1 fully saturated rings. The molecule has 2 aromatic carbocycles. The molecule has 1 amide bonds. The summed E-state index contributed by atoms with van der Waals surface area (Å²) in [6.45, 7) is 1.42. The summed E-state index contributed by atoms with van der Waals surface area (Å²) in [4.78, 5) is 15.1. The number of aliphatic hydroxyl groups is 1. The van der Waals surface area contributed by atoms with Crippen molar-refractivity contribution < 1.29 is 37.4 Å². The van der Waals surface area contributed by atoms with Crippen LogP contribution in [0.25, 0.3) is 0 Å². The summed E-state index contributed by atoms with van der Waals surface area (Å²) in [7, 11) is -2.50. The van der Waals surface area contributed by atoms with Crippen LogP contribution in [0.5, 0.6) is 11.5 Å². The number of likely N-dealkylation sites (N-methyl/N-ethyl adjacent to an activating group) is 1. The number of hydroxylamine groups is 1. The van der Waals surface area contributed by atoms with Crippen molar-refractivity contribution in [1.82, 2.24) is 19.6 Å². The van der Waals surface area contributed by atoms with Gasteiger partial charge < -0.3 is 14.6 Å². The first kappa shape index (κ1) is 26.9. The summed E-state index contributed by atoms with van der Waals surface area (Å²) in [6.07, 6.45) is -0.946. The molecule has 0 radical (unpaired) electrons. The Morgan fingerprint density at radius 2 is 1.69 bits per heavy atom. The molecule has 35 heavy (non-hydrogen) atoms. The predicted molar refractivity (Wildman–Crippen MR) is 123 cm³/mol.